The van der Waals surface area contributed by atoms with Gasteiger partial charge in [-0.15, -0.1) is 12.4 Å². The first-order valence-electron chi connectivity index (χ1n) is 8.95. The topological polar surface area (TPSA) is 89.3 Å². The Morgan fingerprint density at radius 2 is 1.81 bits per heavy atom. The van der Waals surface area contributed by atoms with Crippen molar-refractivity contribution < 1.29 is 13.2 Å². The van der Waals surface area contributed by atoms with Gasteiger partial charge in [-0.25, -0.2) is 8.42 Å². The lowest BCUT2D eigenvalue weighted by Crippen LogP contribution is -2.33. The summed E-state index contributed by atoms with van der Waals surface area (Å²) in [5.41, 5.74) is 7.04. The average molecular weight is 403 g/mol. The van der Waals surface area contributed by atoms with Crippen molar-refractivity contribution in [1.82, 2.24) is 5.32 Å². The average Bonchev–Trinajstić information content (AvgIpc) is 2.91. The molecule has 5 nitrogen and oxygen atoms in total. The molecule has 0 radical (unpaired) electrons. The number of halogens is 1. The summed E-state index contributed by atoms with van der Waals surface area (Å²) in [6.45, 7) is 6.39. The largest absolute Gasteiger partial charge is 0.355 e. The van der Waals surface area contributed by atoms with Gasteiger partial charge in [0.15, 0.2) is 9.84 Å². The quantitative estimate of drug-likeness (QED) is 0.765. The number of benzene rings is 1. The summed E-state index contributed by atoms with van der Waals surface area (Å²) in [5, 5.41) is 2.72. The monoisotopic (exact) mass is 402 g/mol. The predicted octanol–water partition coefficient (Wildman–Crippen LogP) is 2.81. The lowest BCUT2D eigenvalue weighted by atomic mass is 9.87. The summed E-state index contributed by atoms with van der Waals surface area (Å²) in [5.74, 6) is 0.0202. The molecule has 2 atom stereocenters. The molecule has 148 valence electrons. The fourth-order valence-electron chi connectivity index (χ4n) is 3.23. The van der Waals surface area contributed by atoms with Crippen molar-refractivity contribution in [3.05, 3.63) is 29.8 Å². The molecule has 1 aromatic rings. The SMILES string of the molecule is CC(C)(C)c1ccc(S(=O)(=O)CCNC(=O)C[C@@H]2CCC[C@H]2N)cc1.Cl. The third-order valence-corrected chi connectivity index (χ3v) is 6.67. The summed E-state index contributed by atoms with van der Waals surface area (Å²) in [4.78, 5) is 12.3. The second-order valence-corrected chi connectivity index (χ2v) is 10.1. The first-order chi connectivity index (χ1) is 11.6. The summed E-state index contributed by atoms with van der Waals surface area (Å²) >= 11 is 0. The van der Waals surface area contributed by atoms with E-state index in [1.165, 1.54) is 0 Å². The van der Waals surface area contributed by atoms with E-state index in [1.54, 1.807) is 12.1 Å². The van der Waals surface area contributed by atoms with Crippen LogP contribution in [0.3, 0.4) is 0 Å². The smallest absolute Gasteiger partial charge is 0.220 e. The maximum atomic E-state index is 12.4. The molecule has 0 spiro atoms. The lowest BCUT2D eigenvalue weighted by Gasteiger charge is -2.19. The van der Waals surface area contributed by atoms with Crippen LogP contribution in [0.15, 0.2) is 29.2 Å². The van der Waals surface area contributed by atoms with Crippen molar-refractivity contribution in [1.29, 1.82) is 0 Å². The van der Waals surface area contributed by atoms with Gasteiger partial charge in [-0.05, 0) is 41.9 Å². The molecule has 0 bridgehead atoms. The zero-order chi connectivity index (χ0) is 18.7. The summed E-state index contributed by atoms with van der Waals surface area (Å²) < 4.78 is 24.8. The number of hydrogen-bond acceptors (Lipinski definition) is 4. The van der Waals surface area contributed by atoms with E-state index in [0.29, 0.717) is 11.3 Å². The molecule has 0 heterocycles. The summed E-state index contributed by atoms with van der Waals surface area (Å²) in [6.07, 6.45) is 3.41. The van der Waals surface area contributed by atoms with E-state index in [9.17, 15) is 13.2 Å². The van der Waals surface area contributed by atoms with Crippen molar-refractivity contribution in [3.8, 4) is 0 Å². The fraction of sp³-hybridized carbons (Fsp3) is 0.632. The Labute approximate surface area is 163 Å². The Morgan fingerprint density at radius 1 is 1.19 bits per heavy atom. The van der Waals surface area contributed by atoms with Crippen LogP contribution in [0.1, 0.15) is 52.0 Å². The van der Waals surface area contributed by atoms with E-state index in [0.717, 1.165) is 24.8 Å². The van der Waals surface area contributed by atoms with Crippen molar-refractivity contribution in [2.24, 2.45) is 11.7 Å². The second-order valence-electron chi connectivity index (χ2n) is 8.00. The van der Waals surface area contributed by atoms with Crippen LogP contribution in [0.25, 0.3) is 0 Å². The molecule has 1 aliphatic rings. The van der Waals surface area contributed by atoms with Crippen molar-refractivity contribution in [2.75, 3.05) is 12.3 Å². The first kappa shape index (κ1) is 22.9. The number of hydrogen-bond donors (Lipinski definition) is 2. The van der Waals surface area contributed by atoms with Crippen LogP contribution in [0.4, 0.5) is 0 Å². The van der Waals surface area contributed by atoms with E-state index in [1.807, 2.05) is 12.1 Å². The molecular formula is C19H31ClN2O3S. The minimum absolute atomic E-state index is 0. The van der Waals surface area contributed by atoms with Crippen molar-refractivity contribution in [3.63, 3.8) is 0 Å². The number of nitrogens with two attached hydrogens (primary N) is 1. The number of rotatable bonds is 6. The zero-order valence-electron chi connectivity index (χ0n) is 15.8. The second kappa shape index (κ2) is 9.20. The lowest BCUT2D eigenvalue weighted by molar-refractivity contribution is -0.121. The van der Waals surface area contributed by atoms with E-state index < -0.39 is 9.84 Å². The number of carbonyl (C=O) groups excluding carboxylic acids is 1. The number of nitrogens with one attached hydrogen (secondary N) is 1. The third-order valence-electron chi connectivity index (χ3n) is 4.94. The highest BCUT2D eigenvalue weighted by Gasteiger charge is 2.26. The van der Waals surface area contributed by atoms with Crippen LogP contribution in [0, 0.1) is 5.92 Å². The minimum atomic E-state index is -3.40. The normalized spacial score (nSPS) is 20.5. The van der Waals surface area contributed by atoms with Gasteiger partial charge < -0.3 is 11.1 Å². The predicted molar refractivity (Wildman–Crippen MR) is 107 cm³/mol. The Balaban J connectivity index is 0.00000338. The molecule has 1 amide bonds. The molecule has 1 aliphatic carbocycles. The summed E-state index contributed by atoms with van der Waals surface area (Å²) in [7, 11) is -3.40. The van der Waals surface area contributed by atoms with Gasteiger partial charge in [-0.1, -0.05) is 39.3 Å². The fourth-order valence-corrected chi connectivity index (χ4v) is 4.39. The third kappa shape index (κ3) is 6.25. The zero-order valence-corrected chi connectivity index (χ0v) is 17.5. The first-order valence-corrected chi connectivity index (χ1v) is 10.6. The van der Waals surface area contributed by atoms with Crippen LogP contribution in [0.2, 0.25) is 0 Å². The van der Waals surface area contributed by atoms with Crippen LogP contribution in [0.5, 0.6) is 0 Å². The van der Waals surface area contributed by atoms with Crippen molar-refractivity contribution in [2.45, 2.75) is 62.8 Å². The van der Waals surface area contributed by atoms with Crippen LogP contribution >= 0.6 is 12.4 Å². The molecule has 2 rings (SSSR count). The van der Waals surface area contributed by atoms with Crippen LogP contribution < -0.4 is 11.1 Å². The molecule has 26 heavy (non-hydrogen) atoms. The Kier molecular flexibility index (Phi) is 8.11. The number of amides is 1. The van der Waals surface area contributed by atoms with Gasteiger partial charge in [0.25, 0.3) is 0 Å². The van der Waals surface area contributed by atoms with E-state index in [-0.39, 0.29) is 48.0 Å². The van der Waals surface area contributed by atoms with Gasteiger partial charge in [0.2, 0.25) is 5.91 Å². The highest BCUT2D eigenvalue weighted by Crippen LogP contribution is 2.26. The molecule has 1 saturated carbocycles. The number of sulfone groups is 1. The van der Waals surface area contributed by atoms with Gasteiger partial charge in [-0.3, -0.25) is 4.79 Å². The van der Waals surface area contributed by atoms with Gasteiger partial charge in [0.05, 0.1) is 10.6 Å². The Bertz CT molecular complexity index is 696. The van der Waals surface area contributed by atoms with E-state index in [4.69, 9.17) is 5.73 Å². The van der Waals surface area contributed by atoms with E-state index in [2.05, 4.69) is 26.1 Å². The van der Waals surface area contributed by atoms with Crippen LogP contribution in [-0.4, -0.2) is 32.7 Å². The molecule has 1 fully saturated rings. The maximum Gasteiger partial charge on any atom is 0.220 e. The van der Waals surface area contributed by atoms with Gasteiger partial charge in [0.1, 0.15) is 0 Å². The van der Waals surface area contributed by atoms with Gasteiger partial charge in [0, 0.05) is 19.0 Å². The standard InChI is InChI=1S/C19H30N2O3S.ClH/c1-19(2,3)15-7-9-16(10-8-15)25(23,24)12-11-21-18(22)13-14-5-4-6-17(14)20;/h7-10,14,17H,4-6,11-13,20H2,1-3H3,(H,21,22);1H/t14-,17+;/m0./s1. The Hall–Kier alpha value is -1.11. The molecule has 0 saturated heterocycles. The molecule has 0 aromatic heterocycles. The highest BCUT2D eigenvalue weighted by atomic mass is 35.5. The van der Waals surface area contributed by atoms with E-state index >= 15 is 0 Å². The molecule has 0 aliphatic heterocycles. The summed E-state index contributed by atoms with van der Waals surface area (Å²) in [6, 6.07) is 7.10. The molecule has 1 aromatic carbocycles. The van der Waals surface area contributed by atoms with Crippen LogP contribution in [-0.2, 0) is 20.0 Å². The van der Waals surface area contributed by atoms with Gasteiger partial charge in [-0.2, -0.15) is 0 Å². The molecule has 3 N–H and O–H groups in total. The molecule has 0 unspecified atom stereocenters. The highest BCUT2D eigenvalue weighted by molar-refractivity contribution is 7.91. The Morgan fingerprint density at radius 3 is 2.31 bits per heavy atom. The molecular weight excluding hydrogens is 372 g/mol. The number of carbonyl (C=O) groups is 1. The van der Waals surface area contributed by atoms with Crippen molar-refractivity contribution >= 4 is 28.2 Å². The minimum Gasteiger partial charge on any atom is -0.355 e. The molecule has 7 heteroatoms. The maximum absolute atomic E-state index is 12.4. The van der Waals surface area contributed by atoms with Gasteiger partial charge >= 0.3 is 0 Å².